The zero-order chi connectivity index (χ0) is 12.7. The van der Waals surface area contributed by atoms with Crippen molar-refractivity contribution in [1.82, 2.24) is 0 Å². The summed E-state index contributed by atoms with van der Waals surface area (Å²) in [6, 6.07) is 0. The van der Waals surface area contributed by atoms with Crippen LogP contribution >= 0.6 is 0 Å². The van der Waals surface area contributed by atoms with Gasteiger partial charge in [0, 0.05) is 30.6 Å². The van der Waals surface area contributed by atoms with Crippen molar-refractivity contribution in [2.75, 3.05) is 0 Å². The molecule has 0 aromatic carbocycles. The molecule has 0 aromatic rings. The Kier molecular flexibility index (Phi) is 5.25. The van der Waals surface area contributed by atoms with Gasteiger partial charge in [-0.1, -0.05) is 12.8 Å². The van der Waals surface area contributed by atoms with Gasteiger partial charge in [0.2, 0.25) is 5.78 Å². The van der Waals surface area contributed by atoms with E-state index in [0.717, 1.165) is 32.0 Å². The van der Waals surface area contributed by atoms with Gasteiger partial charge in [-0.2, -0.15) is 0 Å². The van der Waals surface area contributed by atoms with Gasteiger partial charge in [-0.15, -0.1) is 0 Å². The standard InChI is InChI=1S/C12H19NO4/c14-10-6-5-9-12(13(16)17)8-4-2-1-3-7-11(12)15/h10H,1-9H2. The Hall–Kier alpha value is -1.26. The van der Waals surface area contributed by atoms with E-state index in [4.69, 9.17) is 0 Å². The van der Waals surface area contributed by atoms with Crippen LogP contribution in [-0.2, 0) is 9.59 Å². The van der Waals surface area contributed by atoms with E-state index in [-0.39, 0.29) is 12.2 Å². The van der Waals surface area contributed by atoms with Gasteiger partial charge in [0.25, 0.3) is 5.54 Å². The third-order valence-corrected chi connectivity index (χ3v) is 3.53. The molecule has 1 rings (SSSR count). The van der Waals surface area contributed by atoms with E-state index in [1.165, 1.54) is 0 Å². The molecule has 96 valence electrons. The van der Waals surface area contributed by atoms with Crippen LogP contribution in [0.5, 0.6) is 0 Å². The summed E-state index contributed by atoms with van der Waals surface area (Å²) < 4.78 is 0. The quantitative estimate of drug-likeness (QED) is 0.320. The number of nitrogens with zero attached hydrogens (tertiary/aromatic N) is 1. The first-order valence-electron chi connectivity index (χ1n) is 6.25. The van der Waals surface area contributed by atoms with Gasteiger partial charge in [-0.25, -0.2) is 0 Å². The van der Waals surface area contributed by atoms with Crippen molar-refractivity contribution in [2.24, 2.45) is 0 Å². The molecule has 1 aliphatic carbocycles. The summed E-state index contributed by atoms with van der Waals surface area (Å²) in [5, 5.41) is 11.2. The molecule has 17 heavy (non-hydrogen) atoms. The maximum Gasteiger partial charge on any atom is 0.279 e. The Morgan fingerprint density at radius 1 is 1.29 bits per heavy atom. The topological polar surface area (TPSA) is 77.3 Å². The second kappa shape index (κ2) is 6.47. The molecule has 0 saturated heterocycles. The highest BCUT2D eigenvalue weighted by Gasteiger charge is 2.48. The number of aldehydes is 1. The predicted octanol–water partition coefficient (Wildman–Crippen LogP) is 2.29. The molecule has 0 radical (unpaired) electrons. The van der Waals surface area contributed by atoms with Crippen LogP contribution in [0, 0.1) is 10.1 Å². The van der Waals surface area contributed by atoms with Crippen molar-refractivity contribution in [3.05, 3.63) is 10.1 Å². The highest BCUT2D eigenvalue weighted by molar-refractivity contribution is 5.87. The largest absolute Gasteiger partial charge is 0.303 e. The molecule has 0 bridgehead atoms. The molecular weight excluding hydrogens is 222 g/mol. The molecule has 1 unspecified atom stereocenters. The number of unbranched alkanes of at least 4 members (excludes halogenated alkanes) is 1. The summed E-state index contributed by atoms with van der Waals surface area (Å²) in [5.41, 5.74) is -1.41. The number of ketones is 1. The molecule has 0 N–H and O–H groups in total. The Bertz CT molecular complexity index is 303. The Morgan fingerprint density at radius 3 is 2.65 bits per heavy atom. The van der Waals surface area contributed by atoms with Gasteiger partial charge >= 0.3 is 0 Å². The van der Waals surface area contributed by atoms with Crippen LogP contribution in [0.15, 0.2) is 0 Å². The summed E-state index contributed by atoms with van der Waals surface area (Å²) in [7, 11) is 0. The lowest BCUT2D eigenvalue weighted by atomic mass is 9.80. The van der Waals surface area contributed by atoms with Crippen molar-refractivity contribution < 1.29 is 14.5 Å². The second-order valence-electron chi connectivity index (χ2n) is 4.68. The van der Waals surface area contributed by atoms with Crippen molar-refractivity contribution in [3.8, 4) is 0 Å². The number of Topliss-reactive ketones (excluding diaryl/α,β-unsaturated/α-hetero) is 1. The minimum absolute atomic E-state index is 0.206. The number of nitro groups is 1. The molecule has 1 fully saturated rings. The third kappa shape index (κ3) is 3.35. The second-order valence-corrected chi connectivity index (χ2v) is 4.68. The zero-order valence-electron chi connectivity index (χ0n) is 10.0. The molecule has 0 aliphatic heterocycles. The van der Waals surface area contributed by atoms with Crippen LogP contribution in [0.25, 0.3) is 0 Å². The summed E-state index contributed by atoms with van der Waals surface area (Å²) in [6.07, 6.45) is 5.73. The minimum Gasteiger partial charge on any atom is -0.303 e. The van der Waals surface area contributed by atoms with E-state index in [9.17, 15) is 19.7 Å². The maximum atomic E-state index is 12.0. The van der Waals surface area contributed by atoms with Crippen molar-refractivity contribution in [3.63, 3.8) is 0 Å². The van der Waals surface area contributed by atoms with Crippen molar-refractivity contribution in [1.29, 1.82) is 0 Å². The Morgan fingerprint density at radius 2 is 2.00 bits per heavy atom. The molecule has 0 amide bonds. The Balaban J connectivity index is 2.79. The molecule has 0 aromatic heterocycles. The normalized spacial score (nSPS) is 26.0. The summed E-state index contributed by atoms with van der Waals surface area (Å²) in [6.45, 7) is 0. The molecule has 0 spiro atoms. The molecule has 1 aliphatic rings. The van der Waals surface area contributed by atoms with Gasteiger partial charge < -0.3 is 4.79 Å². The minimum atomic E-state index is -1.41. The fraction of sp³-hybridized carbons (Fsp3) is 0.833. The van der Waals surface area contributed by atoms with Gasteiger partial charge in [0.05, 0.1) is 0 Å². The first-order valence-corrected chi connectivity index (χ1v) is 6.25. The lowest BCUT2D eigenvalue weighted by Crippen LogP contribution is -2.47. The van der Waals surface area contributed by atoms with Gasteiger partial charge in [0.1, 0.15) is 6.29 Å². The fourth-order valence-electron chi connectivity index (χ4n) is 2.46. The first kappa shape index (κ1) is 13.8. The molecule has 5 nitrogen and oxygen atoms in total. The number of rotatable bonds is 5. The molecular formula is C12H19NO4. The SMILES string of the molecule is O=CCCCC1([N+](=O)[O-])CCCCCCC1=O. The highest BCUT2D eigenvalue weighted by Crippen LogP contribution is 2.30. The maximum absolute atomic E-state index is 12.0. The van der Waals surface area contributed by atoms with Gasteiger partial charge in [0.15, 0.2) is 0 Å². The lowest BCUT2D eigenvalue weighted by molar-refractivity contribution is -0.555. The molecule has 0 heterocycles. The monoisotopic (exact) mass is 241 g/mol. The van der Waals surface area contributed by atoms with Crippen LogP contribution < -0.4 is 0 Å². The van der Waals surface area contributed by atoms with Crippen LogP contribution in [0.1, 0.15) is 57.8 Å². The number of hydrogen-bond donors (Lipinski definition) is 0. The fourth-order valence-corrected chi connectivity index (χ4v) is 2.46. The predicted molar refractivity (Wildman–Crippen MR) is 62.3 cm³/mol. The van der Waals surface area contributed by atoms with E-state index in [2.05, 4.69) is 0 Å². The van der Waals surface area contributed by atoms with E-state index in [1.807, 2.05) is 0 Å². The molecule has 1 saturated carbocycles. The van der Waals surface area contributed by atoms with E-state index < -0.39 is 10.5 Å². The van der Waals surface area contributed by atoms with E-state index in [1.54, 1.807) is 0 Å². The lowest BCUT2D eigenvalue weighted by Gasteiger charge is -2.25. The Labute approximate surface area is 101 Å². The number of carbonyl (C=O) groups excluding carboxylic acids is 2. The van der Waals surface area contributed by atoms with Crippen LogP contribution in [0.2, 0.25) is 0 Å². The number of hydrogen-bond acceptors (Lipinski definition) is 4. The van der Waals surface area contributed by atoms with Crippen LogP contribution in [0.3, 0.4) is 0 Å². The van der Waals surface area contributed by atoms with Gasteiger partial charge in [-0.3, -0.25) is 14.9 Å². The number of carbonyl (C=O) groups is 2. The first-order chi connectivity index (χ1) is 8.13. The van der Waals surface area contributed by atoms with E-state index in [0.29, 0.717) is 25.7 Å². The van der Waals surface area contributed by atoms with E-state index >= 15 is 0 Å². The van der Waals surface area contributed by atoms with Crippen molar-refractivity contribution >= 4 is 12.1 Å². The van der Waals surface area contributed by atoms with Crippen LogP contribution in [-0.4, -0.2) is 22.5 Å². The van der Waals surface area contributed by atoms with Crippen LogP contribution in [0.4, 0.5) is 0 Å². The summed E-state index contributed by atoms with van der Waals surface area (Å²) in [5.74, 6) is -0.243. The smallest absolute Gasteiger partial charge is 0.279 e. The highest BCUT2D eigenvalue weighted by atomic mass is 16.6. The molecule has 5 heteroatoms. The van der Waals surface area contributed by atoms with Gasteiger partial charge in [-0.05, 0) is 19.3 Å². The summed E-state index contributed by atoms with van der Waals surface area (Å²) in [4.78, 5) is 33.1. The zero-order valence-corrected chi connectivity index (χ0v) is 10.0. The average Bonchev–Trinajstić information content (AvgIpc) is 2.28. The average molecular weight is 241 g/mol. The molecule has 1 atom stereocenters. The van der Waals surface area contributed by atoms with Crippen molar-refractivity contribution in [2.45, 2.75) is 63.3 Å². The summed E-state index contributed by atoms with van der Waals surface area (Å²) >= 11 is 0. The third-order valence-electron chi connectivity index (χ3n) is 3.53.